The minimum atomic E-state index is -4.66. The van der Waals surface area contributed by atoms with Crippen molar-refractivity contribution in [1.29, 1.82) is 10.5 Å². The largest absolute Gasteiger partial charge is 0.524 e. The zero-order chi connectivity index (χ0) is 39.7. The summed E-state index contributed by atoms with van der Waals surface area (Å²) in [6.45, 7) is 4.15. The van der Waals surface area contributed by atoms with Gasteiger partial charge in [-0.25, -0.2) is 9.55 Å². The lowest BCUT2D eigenvalue weighted by molar-refractivity contribution is 0.283. The van der Waals surface area contributed by atoms with E-state index in [4.69, 9.17) is 24.0 Å². The van der Waals surface area contributed by atoms with Crippen LogP contribution in [0.1, 0.15) is 36.0 Å². The molecule has 1 aromatic heterocycles. The smallest absolute Gasteiger partial charge is 0.456 e. The molecule has 0 saturated carbocycles. The van der Waals surface area contributed by atoms with E-state index >= 15 is 0 Å². The van der Waals surface area contributed by atoms with Crippen molar-refractivity contribution in [3.63, 3.8) is 0 Å². The number of allylic oxidation sites excluding steroid dienone is 2. The molecule has 2 aliphatic rings. The fraction of sp³-hybridized carbons (Fsp3) is 0.109. The molecule has 0 bridgehead atoms. The van der Waals surface area contributed by atoms with Gasteiger partial charge in [-0.1, -0.05) is 71.8 Å². The summed E-state index contributed by atoms with van der Waals surface area (Å²) in [7, 11) is -4.66. The molecule has 0 amide bonds. The molecule has 1 aliphatic heterocycles. The average Bonchev–Trinajstić information content (AvgIpc) is 3.62. The molecule has 6 aromatic rings. The first-order chi connectivity index (χ1) is 27.5. The monoisotopic (exact) mass is 786 g/mol. The molecule has 9 nitrogen and oxygen atoms in total. The number of ether oxygens (including phenoxy) is 1. The topological polar surface area (TPSA) is 140 Å². The summed E-state index contributed by atoms with van der Waals surface area (Å²) in [5.74, 6) is 1.54. The molecular formula is C46H35N4O5PS. The maximum absolute atomic E-state index is 11.3. The van der Waals surface area contributed by atoms with Gasteiger partial charge in [0.05, 0.1) is 10.2 Å². The Morgan fingerprint density at radius 2 is 1.39 bits per heavy atom. The second kappa shape index (κ2) is 15.5. The van der Waals surface area contributed by atoms with Gasteiger partial charge in [0.1, 0.15) is 34.1 Å². The number of nitriles is 2. The Hall–Kier alpha value is -6.52. The second-order valence-electron chi connectivity index (χ2n) is 13.9. The van der Waals surface area contributed by atoms with Crippen LogP contribution in [0.15, 0.2) is 132 Å². The van der Waals surface area contributed by atoms with E-state index in [1.165, 1.54) is 34.6 Å². The van der Waals surface area contributed by atoms with Crippen LogP contribution in [-0.2, 0) is 4.57 Å². The van der Waals surface area contributed by atoms with Crippen LogP contribution in [0.4, 0.5) is 17.1 Å². The number of hydrogen-bond acceptors (Lipinski definition) is 8. The van der Waals surface area contributed by atoms with Gasteiger partial charge in [0.25, 0.3) is 0 Å². The number of aryl methyl sites for hydroxylation is 2. The van der Waals surface area contributed by atoms with Crippen molar-refractivity contribution in [3.8, 4) is 46.0 Å². The third-order valence-corrected chi connectivity index (χ3v) is 11.3. The highest BCUT2D eigenvalue weighted by molar-refractivity contribution is 7.46. The fourth-order valence-electron chi connectivity index (χ4n) is 7.00. The van der Waals surface area contributed by atoms with Crippen molar-refractivity contribution in [2.45, 2.75) is 33.1 Å². The maximum atomic E-state index is 11.3. The van der Waals surface area contributed by atoms with Gasteiger partial charge in [-0.15, -0.1) is 11.3 Å². The molecule has 1 aliphatic carbocycles. The number of aromatic nitrogens is 1. The molecule has 5 aromatic carbocycles. The third-order valence-electron chi connectivity index (χ3n) is 9.82. The SMILES string of the molecule is Cc1ccc(N(c2ccc(C)cc2)c2ccc(-c3nc(=C(C#N)C#N)s/c3=C\C3=C4Oc5cc(-c6ccc(OP(=O)(O)O)cc6)ccc5C=C4CCC3)cc2)cc1. The minimum Gasteiger partial charge on any atom is -0.456 e. The van der Waals surface area contributed by atoms with Crippen LogP contribution < -0.4 is 23.4 Å². The molecule has 2 N–H and O–H groups in total. The lowest BCUT2D eigenvalue weighted by Crippen LogP contribution is -2.13. The Balaban J connectivity index is 1.18. The molecule has 11 heteroatoms. The van der Waals surface area contributed by atoms with Crippen LogP contribution in [0, 0.1) is 36.5 Å². The Morgan fingerprint density at radius 3 is 1.98 bits per heavy atom. The van der Waals surface area contributed by atoms with E-state index in [9.17, 15) is 15.1 Å². The first kappa shape index (κ1) is 37.4. The van der Waals surface area contributed by atoms with Gasteiger partial charge in [0, 0.05) is 28.2 Å². The van der Waals surface area contributed by atoms with Crippen LogP contribution >= 0.6 is 19.2 Å². The molecule has 8 rings (SSSR count). The Labute approximate surface area is 333 Å². The van der Waals surface area contributed by atoms with Crippen molar-refractivity contribution >= 4 is 53.9 Å². The van der Waals surface area contributed by atoms with E-state index in [-0.39, 0.29) is 11.3 Å². The van der Waals surface area contributed by atoms with E-state index in [0.717, 1.165) is 80.0 Å². The molecule has 2 heterocycles. The number of phosphoric acid groups is 1. The van der Waals surface area contributed by atoms with Crippen LogP contribution in [0.25, 0.3) is 40.1 Å². The zero-order valence-electron chi connectivity index (χ0n) is 31.0. The molecule has 0 spiro atoms. The quantitative estimate of drug-likeness (QED) is 0.144. The van der Waals surface area contributed by atoms with E-state index in [1.807, 2.05) is 42.5 Å². The number of benzene rings is 5. The highest BCUT2D eigenvalue weighted by Crippen LogP contribution is 2.42. The number of hydrogen-bond donors (Lipinski definition) is 2. The summed E-state index contributed by atoms with van der Waals surface area (Å²) >= 11 is 1.31. The van der Waals surface area contributed by atoms with Gasteiger partial charge < -0.3 is 14.2 Å². The number of thiazole rings is 1. The summed E-state index contributed by atoms with van der Waals surface area (Å²) in [6, 6.07) is 41.5. The number of nitrogens with zero attached hydrogens (tertiary/aromatic N) is 4. The normalized spacial score (nSPS) is 13.7. The molecule has 57 heavy (non-hydrogen) atoms. The lowest BCUT2D eigenvalue weighted by Gasteiger charge is -2.27. The number of fused-ring (bicyclic) bond motifs is 2. The fourth-order valence-corrected chi connectivity index (χ4v) is 8.40. The molecule has 0 fully saturated rings. The zero-order valence-corrected chi connectivity index (χ0v) is 32.7. The van der Waals surface area contributed by atoms with E-state index in [2.05, 4.69) is 91.6 Å². The van der Waals surface area contributed by atoms with Crippen molar-refractivity contribution in [3.05, 3.63) is 158 Å². The van der Waals surface area contributed by atoms with Gasteiger partial charge in [0.2, 0.25) is 0 Å². The van der Waals surface area contributed by atoms with E-state index in [0.29, 0.717) is 16.1 Å². The predicted octanol–water partition coefficient (Wildman–Crippen LogP) is 9.93. The molecule has 0 radical (unpaired) electrons. The van der Waals surface area contributed by atoms with Gasteiger partial charge in [-0.2, -0.15) is 10.5 Å². The van der Waals surface area contributed by atoms with Crippen molar-refractivity contribution in [2.24, 2.45) is 0 Å². The summed E-state index contributed by atoms with van der Waals surface area (Å²) in [4.78, 5) is 25.4. The molecule has 0 saturated heterocycles. The first-order valence-electron chi connectivity index (χ1n) is 18.2. The summed E-state index contributed by atoms with van der Waals surface area (Å²) in [6.07, 6.45) is 6.79. The predicted molar refractivity (Wildman–Crippen MR) is 224 cm³/mol. The van der Waals surface area contributed by atoms with E-state index < -0.39 is 7.82 Å². The number of anilines is 3. The Morgan fingerprint density at radius 1 is 0.807 bits per heavy atom. The lowest BCUT2D eigenvalue weighted by atomic mass is 9.89. The van der Waals surface area contributed by atoms with E-state index in [1.54, 1.807) is 12.1 Å². The van der Waals surface area contributed by atoms with Gasteiger partial charge in [-0.3, -0.25) is 9.79 Å². The van der Waals surface area contributed by atoms with Crippen LogP contribution in [0.3, 0.4) is 0 Å². The third kappa shape index (κ3) is 8.08. The molecule has 0 unspecified atom stereocenters. The minimum absolute atomic E-state index is 0.0407. The summed E-state index contributed by atoms with van der Waals surface area (Å²) < 4.78 is 23.8. The summed E-state index contributed by atoms with van der Waals surface area (Å²) in [5.41, 5.74) is 11.6. The number of phosphoric ester groups is 1. The second-order valence-corrected chi connectivity index (χ2v) is 16.1. The van der Waals surface area contributed by atoms with Crippen LogP contribution in [0.2, 0.25) is 0 Å². The molecule has 0 atom stereocenters. The average molecular weight is 787 g/mol. The molecular weight excluding hydrogens is 752 g/mol. The standard InChI is InChI=1S/C46H35N4O5PS/c1-29-6-16-38(17-7-29)50(39-18-8-30(2)9-19-39)40-20-12-32(13-21-40)44-43(57-46(49-44)37(27-47)28-48)26-36-5-3-4-35-24-34-11-10-33(25-42(34)54-45(35)36)31-14-22-41(23-15-31)55-56(51,52)53/h6-26H,3-5H2,1-2H3,(H2,51,52,53)/b43-26-. The Bertz CT molecular complexity index is 2780. The van der Waals surface area contributed by atoms with Crippen molar-refractivity contribution in [1.82, 2.24) is 4.98 Å². The van der Waals surface area contributed by atoms with Crippen LogP contribution in [0.5, 0.6) is 11.5 Å². The molecule has 280 valence electrons. The van der Waals surface area contributed by atoms with Gasteiger partial charge in [0.15, 0.2) is 5.57 Å². The van der Waals surface area contributed by atoms with Crippen molar-refractivity contribution < 1.29 is 23.6 Å². The van der Waals surface area contributed by atoms with Crippen LogP contribution in [-0.4, -0.2) is 14.8 Å². The first-order valence-corrected chi connectivity index (χ1v) is 20.6. The van der Waals surface area contributed by atoms with Crippen molar-refractivity contribution in [2.75, 3.05) is 4.90 Å². The Kier molecular flexibility index (Phi) is 10.2. The highest BCUT2D eigenvalue weighted by atomic mass is 32.1. The summed E-state index contributed by atoms with van der Waals surface area (Å²) in [5, 5.41) is 19.6. The van der Waals surface area contributed by atoms with Gasteiger partial charge in [-0.05, 0) is 122 Å². The number of rotatable bonds is 8. The maximum Gasteiger partial charge on any atom is 0.524 e. The van der Waals surface area contributed by atoms with Gasteiger partial charge >= 0.3 is 7.82 Å². The highest BCUT2D eigenvalue weighted by Gasteiger charge is 2.25.